The predicted octanol–water partition coefficient (Wildman–Crippen LogP) is 0.842. The standard InChI is InChI=1S/C11H23NO3/c1-10(13)9-12(2)6-8-15-11-5-3-4-7-14-11/h10-11,13H,3-9H2,1-2H3. The highest BCUT2D eigenvalue weighted by molar-refractivity contribution is 4.57. The van der Waals surface area contributed by atoms with E-state index in [0.717, 1.165) is 26.0 Å². The van der Waals surface area contributed by atoms with Crippen LogP contribution in [0.25, 0.3) is 0 Å². The van der Waals surface area contributed by atoms with Crippen LogP contribution in [-0.2, 0) is 9.47 Å². The second-order valence-corrected chi connectivity index (χ2v) is 4.28. The van der Waals surface area contributed by atoms with Gasteiger partial charge in [-0.2, -0.15) is 0 Å². The fourth-order valence-electron chi connectivity index (χ4n) is 1.72. The summed E-state index contributed by atoms with van der Waals surface area (Å²) in [4.78, 5) is 2.06. The van der Waals surface area contributed by atoms with Crippen molar-refractivity contribution in [1.29, 1.82) is 0 Å². The Balaban J connectivity index is 1.99. The number of hydrogen-bond acceptors (Lipinski definition) is 4. The molecule has 0 bridgehead atoms. The Hall–Kier alpha value is -0.160. The summed E-state index contributed by atoms with van der Waals surface area (Å²) >= 11 is 0. The number of aliphatic hydroxyl groups excluding tert-OH is 1. The van der Waals surface area contributed by atoms with Crippen LogP contribution in [0.2, 0.25) is 0 Å². The number of rotatable bonds is 6. The molecule has 2 unspecified atom stereocenters. The molecule has 1 fully saturated rings. The zero-order valence-electron chi connectivity index (χ0n) is 9.82. The zero-order valence-corrected chi connectivity index (χ0v) is 9.82. The minimum Gasteiger partial charge on any atom is -0.392 e. The lowest BCUT2D eigenvalue weighted by Crippen LogP contribution is -2.32. The first kappa shape index (κ1) is 12.9. The maximum absolute atomic E-state index is 9.16. The SMILES string of the molecule is CC(O)CN(C)CCOC1CCCCO1. The Kier molecular flexibility index (Phi) is 6.17. The molecule has 1 rings (SSSR count). The third kappa shape index (κ3) is 6.10. The molecule has 1 N–H and O–H groups in total. The molecule has 1 aliphatic heterocycles. The highest BCUT2D eigenvalue weighted by Gasteiger charge is 2.13. The molecule has 1 aliphatic rings. The average Bonchev–Trinajstić information content (AvgIpc) is 2.18. The van der Waals surface area contributed by atoms with Crippen molar-refractivity contribution in [2.24, 2.45) is 0 Å². The first-order valence-electron chi connectivity index (χ1n) is 5.78. The number of aliphatic hydroxyl groups is 1. The molecule has 15 heavy (non-hydrogen) atoms. The monoisotopic (exact) mass is 217 g/mol. The predicted molar refractivity (Wildman–Crippen MR) is 58.7 cm³/mol. The molecule has 0 aromatic carbocycles. The summed E-state index contributed by atoms with van der Waals surface area (Å²) in [5.41, 5.74) is 0. The molecular weight excluding hydrogens is 194 g/mol. The lowest BCUT2D eigenvalue weighted by molar-refractivity contribution is -0.164. The zero-order chi connectivity index (χ0) is 11.1. The number of hydrogen-bond donors (Lipinski definition) is 1. The van der Waals surface area contributed by atoms with Crippen LogP contribution in [0, 0.1) is 0 Å². The van der Waals surface area contributed by atoms with Gasteiger partial charge in [-0.15, -0.1) is 0 Å². The van der Waals surface area contributed by atoms with Gasteiger partial charge in [0.2, 0.25) is 0 Å². The maximum atomic E-state index is 9.16. The van der Waals surface area contributed by atoms with E-state index in [9.17, 15) is 0 Å². The summed E-state index contributed by atoms with van der Waals surface area (Å²) < 4.78 is 11.0. The van der Waals surface area contributed by atoms with E-state index >= 15 is 0 Å². The van der Waals surface area contributed by atoms with Crippen LogP contribution >= 0.6 is 0 Å². The number of nitrogens with zero attached hydrogens (tertiary/aromatic N) is 1. The van der Waals surface area contributed by atoms with Crippen LogP contribution in [0.4, 0.5) is 0 Å². The summed E-state index contributed by atoms with van der Waals surface area (Å²) in [6.07, 6.45) is 3.09. The fourth-order valence-corrected chi connectivity index (χ4v) is 1.72. The minimum atomic E-state index is -0.277. The van der Waals surface area contributed by atoms with E-state index in [0.29, 0.717) is 13.2 Å². The van der Waals surface area contributed by atoms with Crippen LogP contribution in [0.5, 0.6) is 0 Å². The van der Waals surface area contributed by atoms with Crippen molar-refractivity contribution in [1.82, 2.24) is 4.90 Å². The van der Waals surface area contributed by atoms with Crippen LogP contribution in [-0.4, -0.2) is 55.8 Å². The van der Waals surface area contributed by atoms with Gasteiger partial charge in [0.15, 0.2) is 6.29 Å². The molecule has 1 heterocycles. The Labute approximate surface area is 92.2 Å². The van der Waals surface area contributed by atoms with Gasteiger partial charge in [0, 0.05) is 19.7 Å². The van der Waals surface area contributed by atoms with Crippen molar-refractivity contribution >= 4 is 0 Å². The van der Waals surface area contributed by atoms with Gasteiger partial charge in [-0.3, -0.25) is 0 Å². The van der Waals surface area contributed by atoms with Gasteiger partial charge in [0.25, 0.3) is 0 Å². The second kappa shape index (κ2) is 7.17. The average molecular weight is 217 g/mol. The van der Waals surface area contributed by atoms with Gasteiger partial charge < -0.3 is 19.5 Å². The van der Waals surface area contributed by atoms with Gasteiger partial charge in [-0.05, 0) is 33.2 Å². The second-order valence-electron chi connectivity index (χ2n) is 4.28. The van der Waals surface area contributed by atoms with Gasteiger partial charge in [0.05, 0.1) is 12.7 Å². The van der Waals surface area contributed by atoms with Crippen LogP contribution in [0.3, 0.4) is 0 Å². The van der Waals surface area contributed by atoms with E-state index in [-0.39, 0.29) is 12.4 Å². The first-order valence-corrected chi connectivity index (χ1v) is 5.78. The van der Waals surface area contributed by atoms with Gasteiger partial charge in [-0.1, -0.05) is 0 Å². The highest BCUT2D eigenvalue weighted by atomic mass is 16.7. The molecule has 1 saturated heterocycles. The van der Waals surface area contributed by atoms with Crippen LogP contribution < -0.4 is 0 Å². The summed E-state index contributed by atoms with van der Waals surface area (Å²) in [6, 6.07) is 0. The highest BCUT2D eigenvalue weighted by Crippen LogP contribution is 2.13. The van der Waals surface area contributed by atoms with Gasteiger partial charge >= 0.3 is 0 Å². The van der Waals surface area contributed by atoms with Crippen molar-refractivity contribution in [3.63, 3.8) is 0 Å². The molecule has 0 saturated carbocycles. The lowest BCUT2D eigenvalue weighted by Gasteiger charge is -2.24. The van der Waals surface area contributed by atoms with E-state index in [1.807, 2.05) is 7.05 Å². The van der Waals surface area contributed by atoms with E-state index in [2.05, 4.69) is 4.90 Å². The van der Waals surface area contributed by atoms with E-state index < -0.39 is 0 Å². The summed E-state index contributed by atoms with van der Waals surface area (Å²) in [5, 5.41) is 9.16. The largest absolute Gasteiger partial charge is 0.392 e. The quantitative estimate of drug-likeness (QED) is 0.716. The lowest BCUT2D eigenvalue weighted by atomic mass is 10.2. The topological polar surface area (TPSA) is 41.9 Å². The number of likely N-dealkylation sites (N-methyl/N-ethyl adjacent to an activating group) is 1. The maximum Gasteiger partial charge on any atom is 0.157 e. The molecule has 0 aliphatic carbocycles. The molecule has 0 aromatic heterocycles. The van der Waals surface area contributed by atoms with Crippen molar-refractivity contribution < 1.29 is 14.6 Å². The molecule has 4 nitrogen and oxygen atoms in total. The normalized spacial score (nSPS) is 24.4. The summed E-state index contributed by atoms with van der Waals surface area (Å²) in [6.45, 7) is 4.82. The Morgan fingerprint density at radius 3 is 2.93 bits per heavy atom. The molecule has 0 amide bonds. The van der Waals surface area contributed by atoms with Crippen LogP contribution in [0.15, 0.2) is 0 Å². The van der Waals surface area contributed by atoms with Crippen LogP contribution in [0.1, 0.15) is 26.2 Å². The third-order valence-corrected chi connectivity index (χ3v) is 2.49. The van der Waals surface area contributed by atoms with Crippen molar-refractivity contribution in [2.45, 2.75) is 38.6 Å². The van der Waals surface area contributed by atoms with E-state index in [1.165, 1.54) is 6.42 Å². The Morgan fingerprint density at radius 2 is 2.33 bits per heavy atom. The van der Waals surface area contributed by atoms with Gasteiger partial charge in [-0.25, -0.2) is 0 Å². The minimum absolute atomic E-state index is 0.00120. The van der Waals surface area contributed by atoms with E-state index in [1.54, 1.807) is 6.92 Å². The molecule has 90 valence electrons. The molecule has 0 aromatic rings. The van der Waals surface area contributed by atoms with E-state index in [4.69, 9.17) is 14.6 Å². The van der Waals surface area contributed by atoms with Gasteiger partial charge in [0.1, 0.15) is 0 Å². The molecular formula is C11H23NO3. The first-order chi connectivity index (χ1) is 7.18. The van der Waals surface area contributed by atoms with Crippen molar-refractivity contribution in [3.8, 4) is 0 Å². The summed E-state index contributed by atoms with van der Waals surface area (Å²) in [7, 11) is 1.98. The number of ether oxygens (including phenoxy) is 2. The smallest absolute Gasteiger partial charge is 0.157 e. The molecule has 0 radical (unpaired) electrons. The summed E-state index contributed by atoms with van der Waals surface area (Å²) in [5.74, 6) is 0. The Bertz CT molecular complexity index is 158. The third-order valence-electron chi connectivity index (χ3n) is 2.49. The molecule has 0 spiro atoms. The fraction of sp³-hybridized carbons (Fsp3) is 1.00. The van der Waals surface area contributed by atoms with Crippen molar-refractivity contribution in [2.75, 3.05) is 33.4 Å². The molecule has 4 heteroatoms. The Morgan fingerprint density at radius 1 is 1.53 bits per heavy atom. The van der Waals surface area contributed by atoms with Crippen molar-refractivity contribution in [3.05, 3.63) is 0 Å². The molecule has 2 atom stereocenters.